The first-order chi connectivity index (χ1) is 8.59. The summed E-state index contributed by atoms with van der Waals surface area (Å²) >= 11 is 0. The summed E-state index contributed by atoms with van der Waals surface area (Å²) in [6.07, 6.45) is -1.04. The standard InChI is InChI=1S/C11H12F4O3S/c1-2-9(16)5-7-3-4-8(12)6-10(7)19(17,18)11(13,14)15/h3-4,6,9,16H,2,5H2,1H3. The van der Waals surface area contributed by atoms with Crippen molar-refractivity contribution in [3.05, 3.63) is 29.6 Å². The fraction of sp³-hybridized carbons (Fsp3) is 0.455. The molecule has 8 heteroatoms. The van der Waals surface area contributed by atoms with Gasteiger partial charge in [0.1, 0.15) is 5.82 Å². The molecule has 0 bridgehead atoms. The fourth-order valence-electron chi connectivity index (χ4n) is 1.47. The van der Waals surface area contributed by atoms with Gasteiger partial charge in [0.15, 0.2) is 0 Å². The minimum Gasteiger partial charge on any atom is -0.393 e. The molecule has 0 fully saturated rings. The largest absolute Gasteiger partial charge is 0.501 e. The molecule has 0 aliphatic carbocycles. The number of benzene rings is 1. The summed E-state index contributed by atoms with van der Waals surface area (Å²) in [5.74, 6) is -1.09. The van der Waals surface area contributed by atoms with E-state index in [4.69, 9.17) is 0 Å². The van der Waals surface area contributed by atoms with Gasteiger partial charge in [-0.25, -0.2) is 12.8 Å². The van der Waals surface area contributed by atoms with Gasteiger partial charge in [0.05, 0.1) is 11.0 Å². The third-order valence-electron chi connectivity index (χ3n) is 2.55. The van der Waals surface area contributed by atoms with E-state index >= 15 is 0 Å². The Morgan fingerprint density at radius 1 is 1.32 bits per heavy atom. The average molecular weight is 300 g/mol. The molecule has 0 amide bonds. The molecule has 19 heavy (non-hydrogen) atoms. The van der Waals surface area contributed by atoms with Gasteiger partial charge in [0.25, 0.3) is 9.84 Å². The molecular formula is C11H12F4O3S. The molecule has 0 saturated carbocycles. The van der Waals surface area contributed by atoms with Crippen molar-refractivity contribution in [3.8, 4) is 0 Å². The summed E-state index contributed by atoms with van der Waals surface area (Å²) in [5.41, 5.74) is -5.76. The monoisotopic (exact) mass is 300 g/mol. The van der Waals surface area contributed by atoms with Gasteiger partial charge < -0.3 is 5.11 Å². The molecule has 1 rings (SSSR count). The Labute approximate surface area is 107 Å². The topological polar surface area (TPSA) is 54.4 Å². The van der Waals surface area contributed by atoms with Crippen molar-refractivity contribution < 1.29 is 31.1 Å². The molecule has 0 aliphatic heterocycles. The number of alkyl halides is 3. The quantitative estimate of drug-likeness (QED) is 0.869. The highest BCUT2D eigenvalue weighted by Crippen LogP contribution is 2.33. The first-order valence-corrected chi connectivity index (χ1v) is 6.85. The summed E-state index contributed by atoms with van der Waals surface area (Å²) in [5, 5.41) is 9.40. The Kier molecular flexibility index (Phi) is 4.57. The molecular weight excluding hydrogens is 288 g/mol. The molecule has 1 atom stereocenters. The highest BCUT2D eigenvalue weighted by Gasteiger charge is 2.48. The molecule has 0 heterocycles. The van der Waals surface area contributed by atoms with Gasteiger partial charge >= 0.3 is 5.51 Å². The number of rotatable bonds is 4. The molecule has 108 valence electrons. The number of hydrogen-bond acceptors (Lipinski definition) is 3. The Bertz CT molecular complexity index is 552. The van der Waals surface area contributed by atoms with E-state index in [0.29, 0.717) is 6.07 Å². The molecule has 0 radical (unpaired) electrons. The van der Waals surface area contributed by atoms with Crippen LogP contribution in [0.25, 0.3) is 0 Å². The van der Waals surface area contributed by atoms with Gasteiger partial charge in [-0.2, -0.15) is 13.2 Å². The molecule has 3 nitrogen and oxygen atoms in total. The zero-order chi connectivity index (χ0) is 14.8. The Balaban J connectivity index is 3.37. The van der Waals surface area contributed by atoms with Gasteiger partial charge in [0.2, 0.25) is 0 Å². The molecule has 0 aliphatic rings. The Morgan fingerprint density at radius 3 is 2.37 bits per heavy atom. The van der Waals surface area contributed by atoms with Crippen LogP contribution in [0, 0.1) is 5.82 Å². The molecule has 0 saturated heterocycles. The number of aliphatic hydroxyl groups excluding tert-OH is 1. The van der Waals surface area contributed by atoms with Crippen LogP contribution in [0.4, 0.5) is 17.6 Å². The second-order valence-corrected chi connectivity index (χ2v) is 5.88. The molecule has 1 aromatic carbocycles. The lowest BCUT2D eigenvalue weighted by atomic mass is 10.1. The van der Waals surface area contributed by atoms with Crippen LogP contribution in [-0.4, -0.2) is 25.1 Å². The minimum atomic E-state index is -5.63. The van der Waals surface area contributed by atoms with E-state index < -0.39 is 32.2 Å². The van der Waals surface area contributed by atoms with Crippen LogP contribution in [0.15, 0.2) is 23.1 Å². The number of aliphatic hydroxyl groups is 1. The van der Waals surface area contributed by atoms with Crippen molar-refractivity contribution in [3.63, 3.8) is 0 Å². The summed E-state index contributed by atoms with van der Waals surface area (Å²) in [6, 6.07) is 2.11. The van der Waals surface area contributed by atoms with Crippen LogP contribution in [0.3, 0.4) is 0 Å². The smallest absolute Gasteiger partial charge is 0.393 e. The van der Waals surface area contributed by atoms with E-state index in [2.05, 4.69) is 0 Å². The lowest BCUT2D eigenvalue weighted by Gasteiger charge is -2.14. The second kappa shape index (κ2) is 5.46. The SMILES string of the molecule is CCC(O)Cc1ccc(F)cc1S(=O)(=O)C(F)(F)F. The summed E-state index contributed by atoms with van der Waals surface area (Å²) in [7, 11) is -5.63. The summed E-state index contributed by atoms with van der Waals surface area (Å²) < 4.78 is 73.1. The Hall–Kier alpha value is -1.15. The zero-order valence-corrected chi connectivity index (χ0v) is 10.7. The van der Waals surface area contributed by atoms with Crippen LogP contribution < -0.4 is 0 Å². The van der Waals surface area contributed by atoms with E-state index in [1.54, 1.807) is 6.92 Å². The van der Waals surface area contributed by atoms with Gasteiger partial charge in [0, 0.05) is 0 Å². The predicted octanol–water partition coefficient (Wildman–Crippen LogP) is 2.43. The predicted molar refractivity (Wildman–Crippen MR) is 59.6 cm³/mol. The van der Waals surface area contributed by atoms with E-state index in [9.17, 15) is 31.1 Å². The lowest BCUT2D eigenvalue weighted by molar-refractivity contribution is -0.0436. The van der Waals surface area contributed by atoms with Crippen molar-refractivity contribution >= 4 is 9.84 Å². The maximum absolute atomic E-state index is 13.0. The van der Waals surface area contributed by atoms with Gasteiger partial charge in [-0.1, -0.05) is 13.0 Å². The van der Waals surface area contributed by atoms with E-state index in [1.165, 1.54) is 0 Å². The highest BCUT2D eigenvalue weighted by molar-refractivity contribution is 7.92. The minimum absolute atomic E-state index is 0.239. The highest BCUT2D eigenvalue weighted by atomic mass is 32.2. The first-order valence-electron chi connectivity index (χ1n) is 5.37. The molecule has 1 aromatic rings. The van der Waals surface area contributed by atoms with Crippen LogP contribution in [0.5, 0.6) is 0 Å². The summed E-state index contributed by atoms with van der Waals surface area (Å²) in [4.78, 5) is -1.15. The first kappa shape index (κ1) is 15.9. The maximum atomic E-state index is 13.0. The van der Waals surface area contributed by atoms with Crippen LogP contribution in [-0.2, 0) is 16.3 Å². The third kappa shape index (κ3) is 3.44. The normalized spacial score (nSPS) is 14.4. The van der Waals surface area contributed by atoms with Crippen molar-refractivity contribution in [2.75, 3.05) is 0 Å². The average Bonchev–Trinajstić information content (AvgIpc) is 2.29. The lowest BCUT2D eigenvalue weighted by Crippen LogP contribution is -2.25. The number of hydrogen-bond donors (Lipinski definition) is 1. The van der Waals surface area contributed by atoms with E-state index in [1.807, 2.05) is 0 Å². The van der Waals surface area contributed by atoms with Crippen LogP contribution >= 0.6 is 0 Å². The van der Waals surface area contributed by atoms with Crippen LogP contribution in [0.1, 0.15) is 18.9 Å². The zero-order valence-electron chi connectivity index (χ0n) is 9.91. The third-order valence-corrected chi connectivity index (χ3v) is 4.12. The number of sulfone groups is 1. The van der Waals surface area contributed by atoms with Gasteiger partial charge in [-0.15, -0.1) is 0 Å². The van der Waals surface area contributed by atoms with Crippen molar-refractivity contribution in [2.24, 2.45) is 0 Å². The Morgan fingerprint density at radius 2 is 1.89 bits per heavy atom. The second-order valence-electron chi connectivity index (χ2n) is 3.97. The van der Waals surface area contributed by atoms with Crippen LogP contribution in [0.2, 0.25) is 0 Å². The molecule has 1 unspecified atom stereocenters. The van der Waals surface area contributed by atoms with Crippen molar-refractivity contribution in [1.82, 2.24) is 0 Å². The fourth-order valence-corrected chi connectivity index (χ4v) is 2.48. The van der Waals surface area contributed by atoms with E-state index in [-0.39, 0.29) is 18.4 Å². The molecule has 0 spiro atoms. The van der Waals surface area contributed by atoms with Gasteiger partial charge in [-0.05, 0) is 30.5 Å². The molecule has 0 aromatic heterocycles. The molecule has 1 N–H and O–H groups in total. The van der Waals surface area contributed by atoms with Gasteiger partial charge in [-0.3, -0.25) is 0 Å². The number of halogens is 4. The van der Waals surface area contributed by atoms with Crippen molar-refractivity contribution in [2.45, 2.75) is 36.3 Å². The summed E-state index contributed by atoms with van der Waals surface area (Å²) in [6.45, 7) is 1.59. The maximum Gasteiger partial charge on any atom is 0.501 e. The van der Waals surface area contributed by atoms with E-state index in [0.717, 1.165) is 12.1 Å². The van der Waals surface area contributed by atoms with Crippen molar-refractivity contribution in [1.29, 1.82) is 0 Å².